The Bertz CT molecular complexity index is 1980. The molecule has 0 spiro atoms. The molecule has 0 fully saturated rings. The zero-order chi connectivity index (χ0) is 33.7. The smallest absolute Gasteiger partial charge is 0.491 e. The number of benzene rings is 3. The third-order valence-corrected chi connectivity index (χ3v) is 7.29. The van der Waals surface area contributed by atoms with E-state index in [4.69, 9.17) is 23.9 Å². The van der Waals surface area contributed by atoms with Gasteiger partial charge in [-0.15, -0.1) is 0 Å². The van der Waals surface area contributed by atoms with Crippen LogP contribution >= 0.6 is 0 Å². The van der Waals surface area contributed by atoms with E-state index in [0.717, 1.165) is 4.57 Å². The van der Waals surface area contributed by atoms with Crippen LogP contribution < -0.4 is 14.8 Å². The molecule has 2 N–H and O–H groups in total. The van der Waals surface area contributed by atoms with Crippen LogP contribution in [0.2, 0.25) is 0 Å². The standard InChI is InChI=1S/C33H33N5O9/c1-5-44-31(40)22-9-7-8-10-27(22)46-16-15-34-30(39)20-11-13-23-26(17-20)37(4)28(35-23)19(3)29-36-24-18-21(47-33(43)45-6-2)12-14-25(24)38(29)32(41)42/h7-14,17-19H,5-6,15-16H2,1-4H3,(H,34,39)(H,41,42). The van der Waals surface area contributed by atoms with Gasteiger partial charge in [0.05, 0.1) is 47.7 Å². The minimum Gasteiger partial charge on any atom is -0.491 e. The first-order valence-electron chi connectivity index (χ1n) is 14.9. The fourth-order valence-corrected chi connectivity index (χ4v) is 5.13. The highest BCUT2D eigenvalue weighted by atomic mass is 16.7. The topological polar surface area (TPSA) is 173 Å². The number of ether oxygens (including phenoxy) is 4. The number of carboxylic acid groups (broad SMARTS) is 1. The molecule has 0 saturated carbocycles. The van der Waals surface area contributed by atoms with E-state index in [1.165, 1.54) is 18.2 Å². The van der Waals surface area contributed by atoms with E-state index in [9.17, 15) is 24.3 Å². The first kappa shape index (κ1) is 32.5. The molecule has 47 heavy (non-hydrogen) atoms. The number of hydrogen-bond donors (Lipinski definition) is 2. The third kappa shape index (κ3) is 6.85. The normalized spacial score (nSPS) is 11.7. The van der Waals surface area contributed by atoms with Gasteiger partial charge in [0.15, 0.2) is 0 Å². The molecule has 14 nitrogen and oxygen atoms in total. The van der Waals surface area contributed by atoms with Crippen molar-refractivity contribution in [1.29, 1.82) is 0 Å². The molecule has 2 heterocycles. The van der Waals surface area contributed by atoms with Gasteiger partial charge in [0.25, 0.3) is 5.91 Å². The van der Waals surface area contributed by atoms with Crippen LogP contribution in [0.3, 0.4) is 0 Å². The molecule has 5 rings (SSSR count). The molecule has 0 bridgehead atoms. The summed E-state index contributed by atoms with van der Waals surface area (Å²) in [4.78, 5) is 58.5. The van der Waals surface area contributed by atoms with E-state index in [-0.39, 0.29) is 43.8 Å². The minimum atomic E-state index is -1.24. The number of esters is 1. The quantitative estimate of drug-likeness (QED) is 0.111. The molecule has 5 aromatic rings. The number of para-hydroxylation sites is 1. The SMILES string of the molecule is CCOC(=O)Oc1ccc2c(c1)nc(C(C)c1nc3ccc(C(=O)NCCOc4ccccc4C(=O)OCC)cc3n1C)n2C(=O)O. The van der Waals surface area contributed by atoms with Crippen LogP contribution in [0.1, 0.15) is 59.1 Å². The number of carbonyl (C=O) groups is 4. The van der Waals surface area contributed by atoms with Crippen molar-refractivity contribution in [1.82, 2.24) is 24.4 Å². The summed E-state index contributed by atoms with van der Waals surface area (Å²) in [5.74, 6) is -0.156. The van der Waals surface area contributed by atoms with E-state index in [0.29, 0.717) is 44.8 Å². The van der Waals surface area contributed by atoms with Crippen molar-refractivity contribution in [3.05, 3.63) is 83.4 Å². The summed E-state index contributed by atoms with van der Waals surface area (Å²) in [5, 5.41) is 12.9. The van der Waals surface area contributed by atoms with Gasteiger partial charge in [-0.05, 0) is 63.2 Å². The molecule has 3 aromatic carbocycles. The highest BCUT2D eigenvalue weighted by molar-refractivity contribution is 5.97. The Hall–Kier alpha value is -5.92. The van der Waals surface area contributed by atoms with Gasteiger partial charge in [-0.3, -0.25) is 4.79 Å². The summed E-state index contributed by atoms with van der Waals surface area (Å²) < 4.78 is 23.6. The molecule has 2 aromatic heterocycles. The Morgan fingerprint density at radius 3 is 2.38 bits per heavy atom. The molecule has 244 valence electrons. The van der Waals surface area contributed by atoms with Crippen LogP contribution in [0, 0.1) is 0 Å². The monoisotopic (exact) mass is 643 g/mol. The molecule has 1 atom stereocenters. The van der Waals surface area contributed by atoms with Crippen LogP contribution in [0.4, 0.5) is 9.59 Å². The first-order chi connectivity index (χ1) is 22.6. The van der Waals surface area contributed by atoms with Crippen LogP contribution in [0.25, 0.3) is 22.1 Å². The van der Waals surface area contributed by atoms with Gasteiger partial charge in [0, 0.05) is 18.7 Å². The van der Waals surface area contributed by atoms with Gasteiger partial charge in [-0.2, -0.15) is 0 Å². The lowest BCUT2D eigenvalue weighted by Crippen LogP contribution is -2.28. The van der Waals surface area contributed by atoms with Crippen molar-refractivity contribution in [2.45, 2.75) is 26.7 Å². The van der Waals surface area contributed by atoms with Crippen molar-refractivity contribution in [3.63, 3.8) is 0 Å². The van der Waals surface area contributed by atoms with E-state index >= 15 is 0 Å². The largest absolute Gasteiger partial charge is 0.513 e. The van der Waals surface area contributed by atoms with Gasteiger partial charge in [-0.25, -0.2) is 28.9 Å². The molecule has 1 unspecified atom stereocenters. The summed E-state index contributed by atoms with van der Waals surface area (Å²) in [6.07, 6.45) is -2.12. The Labute approximate surface area is 268 Å². The molecular weight excluding hydrogens is 610 g/mol. The van der Waals surface area contributed by atoms with Gasteiger partial charge in [0.2, 0.25) is 0 Å². The molecule has 14 heteroatoms. The fourth-order valence-electron chi connectivity index (χ4n) is 5.13. The Kier molecular flexibility index (Phi) is 9.69. The van der Waals surface area contributed by atoms with E-state index < -0.39 is 24.1 Å². The highest BCUT2D eigenvalue weighted by Gasteiger charge is 2.26. The second kappa shape index (κ2) is 14.0. The second-order valence-corrected chi connectivity index (χ2v) is 10.3. The molecular formula is C33H33N5O9. The number of imidazole rings is 2. The molecule has 0 aliphatic heterocycles. The molecule has 0 radical (unpaired) electrons. The van der Waals surface area contributed by atoms with Crippen molar-refractivity contribution in [3.8, 4) is 11.5 Å². The highest BCUT2D eigenvalue weighted by Crippen LogP contribution is 2.31. The number of hydrogen-bond acceptors (Lipinski definition) is 10. The van der Waals surface area contributed by atoms with Crippen LogP contribution in [-0.4, -0.2) is 74.7 Å². The summed E-state index contributed by atoms with van der Waals surface area (Å²) in [5.41, 5.74) is 2.57. The Morgan fingerprint density at radius 1 is 0.894 bits per heavy atom. The maximum absolute atomic E-state index is 13.0. The minimum absolute atomic E-state index is 0.124. The Balaban J connectivity index is 1.32. The van der Waals surface area contributed by atoms with Gasteiger partial charge in [0.1, 0.15) is 35.3 Å². The van der Waals surface area contributed by atoms with Gasteiger partial charge < -0.3 is 33.9 Å². The van der Waals surface area contributed by atoms with E-state index in [1.807, 2.05) is 0 Å². The molecule has 0 aliphatic rings. The van der Waals surface area contributed by atoms with Crippen molar-refractivity contribution in [2.75, 3.05) is 26.4 Å². The molecule has 0 aliphatic carbocycles. The van der Waals surface area contributed by atoms with Crippen molar-refractivity contribution < 1.29 is 43.2 Å². The Morgan fingerprint density at radius 2 is 1.64 bits per heavy atom. The number of carbonyl (C=O) groups excluding carboxylic acids is 3. The van der Waals surface area contributed by atoms with Crippen LogP contribution in [0.15, 0.2) is 60.7 Å². The lowest BCUT2D eigenvalue weighted by atomic mass is 10.1. The van der Waals surface area contributed by atoms with Crippen LogP contribution in [-0.2, 0) is 16.5 Å². The summed E-state index contributed by atoms with van der Waals surface area (Å²) in [7, 11) is 1.77. The van der Waals surface area contributed by atoms with E-state index in [2.05, 4.69) is 10.3 Å². The predicted molar refractivity (Wildman–Crippen MR) is 169 cm³/mol. The second-order valence-electron chi connectivity index (χ2n) is 10.3. The number of aryl methyl sites for hydroxylation is 1. The summed E-state index contributed by atoms with van der Waals surface area (Å²) in [6.45, 7) is 5.85. The number of nitrogens with zero attached hydrogens (tertiary/aromatic N) is 4. The molecule has 0 saturated heterocycles. The van der Waals surface area contributed by atoms with Gasteiger partial charge >= 0.3 is 18.2 Å². The van der Waals surface area contributed by atoms with Crippen LogP contribution in [0.5, 0.6) is 11.5 Å². The number of rotatable bonds is 11. The first-order valence-corrected chi connectivity index (χ1v) is 14.9. The molecule has 1 amide bonds. The maximum atomic E-state index is 13.0. The average Bonchev–Trinajstić information content (AvgIpc) is 3.60. The summed E-state index contributed by atoms with van der Waals surface area (Å²) >= 11 is 0. The van der Waals surface area contributed by atoms with Crippen molar-refractivity contribution >= 4 is 46.2 Å². The third-order valence-electron chi connectivity index (χ3n) is 7.29. The van der Waals surface area contributed by atoms with Crippen molar-refractivity contribution in [2.24, 2.45) is 7.05 Å². The van der Waals surface area contributed by atoms with E-state index in [1.54, 1.807) is 74.9 Å². The summed E-state index contributed by atoms with van der Waals surface area (Å²) in [6, 6.07) is 16.2. The lowest BCUT2D eigenvalue weighted by Gasteiger charge is -2.12. The average molecular weight is 644 g/mol. The fraction of sp³-hybridized carbons (Fsp3) is 0.273. The zero-order valence-corrected chi connectivity index (χ0v) is 26.2. The maximum Gasteiger partial charge on any atom is 0.513 e. The predicted octanol–water partition coefficient (Wildman–Crippen LogP) is 5.12. The number of aromatic nitrogens is 4. The number of fused-ring (bicyclic) bond motifs is 2. The zero-order valence-electron chi connectivity index (χ0n) is 26.2. The van der Waals surface area contributed by atoms with Gasteiger partial charge in [-0.1, -0.05) is 12.1 Å². The lowest BCUT2D eigenvalue weighted by molar-refractivity contribution is 0.0521. The number of amides is 1. The number of nitrogens with one attached hydrogen (secondary N) is 1.